The Kier molecular flexibility index (Phi) is 4.58. The third kappa shape index (κ3) is 3.80. The summed E-state index contributed by atoms with van der Waals surface area (Å²) < 4.78 is 5.48. The molecule has 0 spiro atoms. The number of ether oxygens (including phenoxy) is 1. The van der Waals surface area contributed by atoms with Crippen LogP contribution < -0.4 is 10.5 Å². The van der Waals surface area contributed by atoms with E-state index in [1.54, 1.807) is 30.6 Å². The van der Waals surface area contributed by atoms with Gasteiger partial charge in [0.15, 0.2) is 5.75 Å². The predicted molar refractivity (Wildman–Crippen MR) is 75.9 cm³/mol. The molecule has 0 fully saturated rings. The van der Waals surface area contributed by atoms with Crippen molar-refractivity contribution in [3.63, 3.8) is 0 Å². The van der Waals surface area contributed by atoms with Gasteiger partial charge in [-0.3, -0.25) is 0 Å². The van der Waals surface area contributed by atoms with Crippen molar-refractivity contribution in [2.45, 2.75) is 19.4 Å². The lowest BCUT2D eigenvalue weighted by Gasteiger charge is -2.08. The van der Waals surface area contributed by atoms with Crippen LogP contribution in [0.15, 0.2) is 30.6 Å². The van der Waals surface area contributed by atoms with Crippen LogP contribution in [0.4, 0.5) is 0 Å². The van der Waals surface area contributed by atoms with Gasteiger partial charge in [-0.2, -0.15) is 0 Å². The molecule has 0 aliphatic heterocycles. The standard InChI is InChI=1S/C13H13Cl2N3O/c1-8(16)5-9-6-17-13(18-7-9)19-11-4-2-3-10(14)12(11)15/h2-4,6-8H,5,16H2,1H3. The predicted octanol–water partition coefficient (Wildman–Crippen LogP) is 3.47. The fraction of sp³-hybridized carbons (Fsp3) is 0.231. The van der Waals surface area contributed by atoms with E-state index in [9.17, 15) is 0 Å². The van der Waals surface area contributed by atoms with Gasteiger partial charge in [0.05, 0.1) is 5.02 Å². The van der Waals surface area contributed by atoms with Crippen LogP contribution in [0.2, 0.25) is 10.0 Å². The van der Waals surface area contributed by atoms with Crippen molar-refractivity contribution < 1.29 is 4.74 Å². The van der Waals surface area contributed by atoms with Gasteiger partial charge in [-0.1, -0.05) is 29.3 Å². The number of halogens is 2. The van der Waals surface area contributed by atoms with Crippen LogP contribution >= 0.6 is 23.2 Å². The molecule has 0 aliphatic carbocycles. The molecule has 19 heavy (non-hydrogen) atoms. The van der Waals surface area contributed by atoms with E-state index in [1.165, 1.54) is 0 Å². The Morgan fingerprint density at radius 1 is 1.26 bits per heavy atom. The van der Waals surface area contributed by atoms with Crippen molar-refractivity contribution >= 4 is 23.2 Å². The molecule has 1 unspecified atom stereocenters. The first-order valence-corrected chi connectivity index (χ1v) is 6.50. The first kappa shape index (κ1) is 14.1. The highest BCUT2D eigenvalue weighted by Gasteiger charge is 2.08. The van der Waals surface area contributed by atoms with Crippen molar-refractivity contribution in [1.82, 2.24) is 9.97 Å². The molecule has 0 saturated heterocycles. The molecule has 1 aromatic heterocycles. The minimum absolute atomic E-state index is 0.0674. The maximum absolute atomic E-state index is 6.01. The zero-order valence-corrected chi connectivity index (χ0v) is 11.8. The summed E-state index contributed by atoms with van der Waals surface area (Å²) in [5, 5.41) is 0.764. The summed E-state index contributed by atoms with van der Waals surface area (Å²) in [5.74, 6) is 0.425. The van der Waals surface area contributed by atoms with Crippen LogP contribution in [-0.2, 0) is 6.42 Å². The Morgan fingerprint density at radius 3 is 2.58 bits per heavy atom. The van der Waals surface area contributed by atoms with E-state index in [1.807, 2.05) is 6.92 Å². The van der Waals surface area contributed by atoms with E-state index in [2.05, 4.69) is 9.97 Å². The molecule has 2 rings (SSSR count). The highest BCUT2D eigenvalue weighted by molar-refractivity contribution is 6.42. The SMILES string of the molecule is CC(N)Cc1cnc(Oc2cccc(Cl)c2Cl)nc1. The van der Waals surface area contributed by atoms with Gasteiger partial charge in [0.25, 0.3) is 0 Å². The van der Waals surface area contributed by atoms with Crippen molar-refractivity contribution in [2.24, 2.45) is 5.73 Å². The number of benzene rings is 1. The molecular formula is C13H13Cl2N3O. The third-order valence-electron chi connectivity index (χ3n) is 2.36. The number of rotatable bonds is 4. The fourth-order valence-electron chi connectivity index (χ4n) is 1.53. The van der Waals surface area contributed by atoms with Crippen molar-refractivity contribution in [2.75, 3.05) is 0 Å². The number of hydrogen-bond acceptors (Lipinski definition) is 4. The Hall–Kier alpha value is -1.36. The summed E-state index contributed by atoms with van der Waals surface area (Å²) in [7, 11) is 0. The van der Waals surface area contributed by atoms with Gasteiger partial charge in [0, 0.05) is 18.4 Å². The zero-order valence-electron chi connectivity index (χ0n) is 10.3. The van der Waals surface area contributed by atoms with Crippen molar-refractivity contribution in [3.05, 3.63) is 46.2 Å². The number of hydrogen-bond donors (Lipinski definition) is 1. The maximum Gasteiger partial charge on any atom is 0.321 e. The van der Waals surface area contributed by atoms with Gasteiger partial charge in [-0.05, 0) is 31.0 Å². The van der Waals surface area contributed by atoms with Crippen LogP contribution in [-0.4, -0.2) is 16.0 Å². The van der Waals surface area contributed by atoms with Gasteiger partial charge >= 0.3 is 6.01 Å². The van der Waals surface area contributed by atoms with Gasteiger partial charge in [-0.15, -0.1) is 0 Å². The molecule has 0 radical (unpaired) electrons. The lowest BCUT2D eigenvalue weighted by Crippen LogP contribution is -2.17. The normalized spacial score (nSPS) is 12.2. The molecule has 1 aromatic carbocycles. The minimum atomic E-state index is 0.0674. The summed E-state index contributed by atoms with van der Waals surface area (Å²) in [6.07, 6.45) is 4.09. The molecule has 100 valence electrons. The Balaban J connectivity index is 2.13. The van der Waals surface area contributed by atoms with Crippen LogP contribution in [0.25, 0.3) is 0 Å². The van der Waals surface area contributed by atoms with Crippen LogP contribution in [0, 0.1) is 0 Å². The van der Waals surface area contributed by atoms with E-state index in [0.717, 1.165) is 12.0 Å². The summed E-state index contributed by atoms with van der Waals surface area (Å²) >= 11 is 11.9. The summed E-state index contributed by atoms with van der Waals surface area (Å²) in [6, 6.07) is 5.42. The molecule has 2 aromatic rings. The van der Waals surface area contributed by atoms with Crippen LogP contribution in [0.5, 0.6) is 11.8 Å². The highest BCUT2D eigenvalue weighted by atomic mass is 35.5. The Labute approximate surface area is 121 Å². The van der Waals surface area contributed by atoms with E-state index >= 15 is 0 Å². The zero-order chi connectivity index (χ0) is 13.8. The molecule has 0 amide bonds. The van der Waals surface area contributed by atoms with E-state index in [0.29, 0.717) is 15.8 Å². The van der Waals surface area contributed by atoms with E-state index < -0.39 is 0 Å². The second-order valence-corrected chi connectivity index (χ2v) is 4.99. The average molecular weight is 298 g/mol. The molecule has 1 heterocycles. The topological polar surface area (TPSA) is 61.0 Å². The number of aromatic nitrogens is 2. The minimum Gasteiger partial charge on any atom is -0.423 e. The van der Waals surface area contributed by atoms with Crippen molar-refractivity contribution in [3.8, 4) is 11.8 Å². The van der Waals surface area contributed by atoms with Gasteiger partial charge in [0.1, 0.15) is 5.02 Å². The Morgan fingerprint density at radius 2 is 1.95 bits per heavy atom. The maximum atomic E-state index is 6.01. The average Bonchev–Trinajstić information content (AvgIpc) is 2.37. The summed E-state index contributed by atoms with van der Waals surface area (Å²) in [5.41, 5.74) is 6.66. The molecule has 0 saturated carbocycles. The molecule has 0 bridgehead atoms. The molecule has 6 heteroatoms. The molecule has 4 nitrogen and oxygen atoms in total. The molecule has 1 atom stereocenters. The highest BCUT2D eigenvalue weighted by Crippen LogP contribution is 2.33. The lowest BCUT2D eigenvalue weighted by molar-refractivity contribution is 0.441. The molecule has 0 aliphatic rings. The van der Waals surface area contributed by atoms with Gasteiger partial charge in [-0.25, -0.2) is 9.97 Å². The number of nitrogens with zero attached hydrogens (tertiary/aromatic N) is 2. The lowest BCUT2D eigenvalue weighted by atomic mass is 10.1. The smallest absolute Gasteiger partial charge is 0.321 e. The largest absolute Gasteiger partial charge is 0.423 e. The molecular weight excluding hydrogens is 285 g/mol. The van der Waals surface area contributed by atoms with Crippen LogP contribution in [0.3, 0.4) is 0 Å². The number of nitrogens with two attached hydrogens (primary N) is 1. The summed E-state index contributed by atoms with van der Waals surface area (Å²) in [4.78, 5) is 8.21. The monoisotopic (exact) mass is 297 g/mol. The second kappa shape index (κ2) is 6.19. The van der Waals surface area contributed by atoms with Gasteiger partial charge in [0.2, 0.25) is 0 Å². The first-order valence-electron chi connectivity index (χ1n) is 5.74. The second-order valence-electron chi connectivity index (χ2n) is 4.21. The van der Waals surface area contributed by atoms with Gasteiger partial charge < -0.3 is 10.5 Å². The van der Waals surface area contributed by atoms with Crippen LogP contribution in [0.1, 0.15) is 12.5 Å². The fourth-order valence-corrected chi connectivity index (χ4v) is 1.86. The molecule has 2 N–H and O–H groups in total. The quantitative estimate of drug-likeness (QED) is 0.939. The third-order valence-corrected chi connectivity index (χ3v) is 3.16. The summed E-state index contributed by atoms with van der Waals surface area (Å²) in [6.45, 7) is 1.93. The van der Waals surface area contributed by atoms with E-state index in [4.69, 9.17) is 33.7 Å². The van der Waals surface area contributed by atoms with Crippen molar-refractivity contribution in [1.29, 1.82) is 0 Å². The Bertz CT molecular complexity index is 558. The first-order chi connectivity index (χ1) is 9.06. The van der Waals surface area contributed by atoms with E-state index in [-0.39, 0.29) is 12.1 Å².